The largest absolute Gasteiger partial charge is 0.465 e. The van der Waals surface area contributed by atoms with Gasteiger partial charge in [-0.2, -0.15) is 0 Å². The number of anilines is 1. The number of para-hydroxylation sites is 1. The summed E-state index contributed by atoms with van der Waals surface area (Å²) in [5.41, 5.74) is 2.04. The molecule has 1 saturated heterocycles. The monoisotopic (exact) mass is 396 g/mol. The van der Waals surface area contributed by atoms with Crippen molar-refractivity contribution in [2.24, 2.45) is 0 Å². The zero-order valence-electron chi connectivity index (χ0n) is 17.0. The van der Waals surface area contributed by atoms with E-state index in [1.165, 1.54) is 12.7 Å². The van der Waals surface area contributed by atoms with E-state index >= 15 is 0 Å². The first-order chi connectivity index (χ1) is 14.1. The molecule has 2 amide bonds. The predicted molar refractivity (Wildman–Crippen MR) is 112 cm³/mol. The highest BCUT2D eigenvalue weighted by Gasteiger charge is 2.28. The normalized spacial score (nSPS) is 16.5. The summed E-state index contributed by atoms with van der Waals surface area (Å²) in [5, 5.41) is 2.88. The van der Waals surface area contributed by atoms with E-state index in [0.717, 1.165) is 25.9 Å². The summed E-state index contributed by atoms with van der Waals surface area (Å²) in [6, 6.07) is 11.1. The molecule has 0 bridgehead atoms. The fraction of sp³-hybridized carbons (Fsp3) is 0.409. The molecule has 2 aromatic rings. The molecule has 154 valence electrons. The first-order valence-corrected chi connectivity index (χ1v) is 9.98. The van der Waals surface area contributed by atoms with Crippen LogP contribution in [0.3, 0.4) is 0 Å². The summed E-state index contributed by atoms with van der Waals surface area (Å²) in [4.78, 5) is 33.1. The number of urea groups is 1. The summed E-state index contributed by atoms with van der Waals surface area (Å²) in [6.07, 6.45) is 5.62. The molecule has 0 spiro atoms. The standard InChI is InChI=1S/C22H28N4O3/c1-3-25(15-17-10-12-23-13-11-17)18-7-6-14-26(16-18)22(28)24-20-9-5-4-8-19(20)21(27)29-2/h4-5,8-13,18H,3,6-7,14-16H2,1-2H3,(H,24,28). The number of pyridine rings is 1. The molecule has 1 unspecified atom stereocenters. The molecule has 1 N–H and O–H groups in total. The molecule has 3 rings (SSSR count). The van der Waals surface area contributed by atoms with Crippen LogP contribution in [0, 0.1) is 0 Å². The Labute approximate surface area is 171 Å². The van der Waals surface area contributed by atoms with E-state index in [2.05, 4.69) is 22.1 Å². The molecule has 7 heteroatoms. The van der Waals surface area contributed by atoms with E-state index in [4.69, 9.17) is 4.74 Å². The highest BCUT2D eigenvalue weighted by atomic mass is 16.5. The summed E-state index contributed by atoms with van der Waals surface area (Å²) in [5.74, 6) is -0.466. The van der Waals surface area contributed by atoms with Crippen molar-refractivity contribution in [1.82, 2.24) is 14.8 Å². The molecular formula is C22H28N4O3. The SMILES string of the molecule is CCN(Cc1ccncc1)C1CCCN(C(=O)Nc2ccccc2C(=O)OC)C1. The van der Waals surface area contributed by atoms with E-state index < -0.39 is 5.97 Å². The minimum Gasteiger partial charge on any atom is -0.465 e. The maximum atomic E-state index is 12.9. The number of amides is 2. The van der Waals surface area contributed by atoms with Gasteiger partial charge < -0.3 is 15.0 Å². The fourth-order valence-electron chi connectivity index (χ4n) is 3.73. The Morgan fingerprint density at radius 1 is 1.24 bits per heavy atom. The molecule has 0 radical (unpaired) electrons. The Balaban J connectivity index is 1.66. The van der Waals surface area contributed by atoms with Gasteiger partial charge in [0.05, 0.1) is 18.4 Å². The third kappa shape index (κ3) is 5.32. The van der Waals surface area contributed by atoms with Crippen molar-refractivity contribution < 1.29 is 14.3 Å². The molecule has 1 aromatic carbocycles. The highest BCUT2D eigenvalue weighted by molar-refractivity contribution is 6.00. The second kappa shape index (κ2) is 10.0. The van der Waals surface area contributed by atoms with Gasteiger partial charge in [0.2, 0.25) is 0 Å². The topological polar surface area (TPSA) is 74.8 Å². The predicted octanol–water partition coefficient (Wildman–Crippen LogP) is 3.39. The van der Waals surface area contributed by atoms with Crippen LogP contribution in [-0.4, -0.2) is 59.6 Å². The number of methoxy groups -OCH3 is 1. The third-order valence-electron chi connectivity index (χ3n) is 5.32. The van der Waals surface area contributed by atoms with Crippen molar-refractivity contribution in [1.29, 1.82) is 0 Å². The lowest BCUT2D eigenvalue weighted by molar-refractivity contribution is 0.0602. The van der Waals surface area contributed by atoms with Crippen LogP contribution in [-0.2, 0) is 11.3 Å². The zero-order chi connectivity index (χ0) is 20.6. The van der Waals surface area contributed by atoms with Crippen LogP contribution >= 0.6 is 0 Å². The van der Waals surface area contributed by atoms with Gasteiger partial charge in [0.1, 0.15) is 0 Å². The van der Waals surface area contributed by atoms with Crippen LogP contribution < -0.4 is 5.32 Å². The smallest absolute Gasteiger partial charge is 0.339 e. The Bertz CT molecular complexity index is 828. The number of rotatable bonds is 6. The van der Waals surface area contributed by atoms with Crippen LogP contribution in [0.4, 0.5) is 10.5 Å². The number of benzene rings is 1. The number of likely N-dealkylation sites (tertiary alicyclic amines) is 1. The van der Waals surface area contributed by atoms with E-state index in [9.17, 15) is 9.59 Å². The second-order valence-corrected chi connectivity index (χ2v) is 7.13. The lowest BCUT2D eigenvalue weighted by Gasteiger charge is -2.39. The van der Waals surface area contributed by atoms with Crippen LogP contribution in [0.2, 0.25) is 0 Å². The molecular weight excluding hydrogens is 368 g/mol. The van der Waals surface area contributed by atoms with Crippen LogP contribution in [0.5, 0.6) is 0 Å². The number of likely N-dealkylation sites (N-methyl/N-ethyl adjacent to an activating group) is 1. The number of carbonyl (C=O) groups is 2. The van der Waals surface area contributed by atoms with E-state index in [1.54, 1.807) is 24.3 Å². The average Bonchev–Trinajstić information content (AvgIpc) is 2.78. The first kappa shape index (κ1) is 20.8. The fourth-order valence-corrected chi connectivity index (χ4v) is 3.73. The minimum absolute atomic E-state index is 0.189. The quantitative estimate of drug-likeness (QED) is 0.758. The molecule has 1 atom stereocenters. The van der Waals surface area contributed by atoms with E-state index in [-0.39, 0.29) is 6.03 Å². The molecule has 1 aliphatic rings. The Morgan fingerprint density at radius 2 is 2.00 bits per heavy atom. The lowest BCUT2D eigenvalue weighted by atomic mass is 10.0. The molecule has 0 saturated carbocycles. The van der Waals surface area contributed by atoms with Crippen molar-refractivity contribution in [2.45, 2.75) is 32.4 Å². The highest BCUT2D eigenvalue weighted by Crippen LogP contribution is 2.21. The molecule has 1 aromatic heterocycles. The second-order valence-electron chi connectivity index (χ2n) is 7.13. The Hall–Kier alpha value is -2.93. The number of piperidine rings is 1. The maximum absolute atomic E-state index is 12.9. The Morgan fingerprint density at radius 3 is 2.72 bits per heavy atom. The van der Waals surface area contributed by atoms with Gasteiger partial charge >= 0.3 is 12.0 Å². The molecule has 0 aliphatic carbocycles. The number of carbonyl (C=O) groups excluding carboxylic acids is 2. The zero-order valence-corrected chi connectivity index (χ0v) is 17.0. The number of esters is 1. The summed E-state index contributed by atoms with van der Waals surface area (Å²) in [7, 11) is 1.33. The maximum Gasteiger partial charge on any atom is 0.339 e. The number of ether oxygens (including phenoxy) is 1. The number of aromatic nitrogens is 1. The van der Waals surface area contributed by atoms with E-state index in [1.807, 2.05) is 29.4 Å². The molecule has 29 heavy (non-hydrogen) atoms. The Kier molecular flexibility index (Phi) is 7.19. The average molecular weight is 396 g/mol. The van der Waals surface area contributed by atoms with Gasteiger partial charge in [-0.1, -0.05) is 19.1 Å². The van der Waals surface area contributed by atoms with Crippen molar-refractivity contribution in [3.8, 4) is 0 Å². The van der Waals surface area contributed by atoms with Crippen molar-refractivity contribution in [2.75, 3.05) is 32.1 Å². The van der Waals surface area contributed by atoms with Crippen LogP contribution in [0.25, 0.3) is 0 Å². The number of nitrogens with one attached hydrogen (secondary N) is 1. The molecule has 7 nitrogen and oxygen atoms in total. The lowest BCUT2D eigenvalue weighted by Crippen LogP contribution is -2.50. The molecule has 1 aliphatic heterocycles. The van der Waals surface area contributed by atoms with Gasteiger partial charge in [-0.25, -0.2) is 9.59 Å². The van der Waals surface area contributed by atoms with Gasteiger partial charge in [0.25, 0.3) is 0 Å². The molecule has 2 heterocycles. The van der Waals surface area contributed by atoms with Gasteiger partial charge in [0, 0.05) is 38.1 Å². The number of hydrogen-bond donors (Lipinski definition) is 1. The minimum atomic E-state index is -0.466. The number of hydrogen-bond acceptors (Lipinski definition) is 5. The van der Waals surface area contributed by atoms with Gasteiger partial charge in [-0.05, 0) is 49.2 Å². The molecule has 1 fully saturated rings. The first-order valence-electron chi connectivity index (χ1n) is 9.98. The van der Waals surface area contributed by atoms with Gasteiger partial charge in [0.15, 0.2) is 0 Å². The van der Waals surface area contributed by atoms with Crippen molar-refractivity contribution >= 4 is 17.7 Å². The van der Waals surface area contributed by atoms with Crippen LogP contribution in [0.1, 0.15) is 35.7 Å². The number of nitrogens with zero attached hydrogens (tertiary/aromatic N) is 3. The van der Waals surface area contributed by atoms with Crippen molar-refractivity contribution in [3.63, 3.8) is 0 Å². The van der Waals surface area contributed by atoms with Gasteiger partial charge in [-0.15, -0.1) is 0 Å². The summed E-state index contributed by atoms with van der Waals surface area (Å²) >= 11 is 0. The van der Waals surface area contributed by atoms with Crippen molar-refractivity contribution in [3.05, 3.63) is 59.9 Å². The summed E-state index contributed by atoms with van der Waals surface area (Å²) in [6.45, 7) is 5.26. The summed E-state index contributed by atoms with van der Waals surface area (Å²) < 4.78 is 4.81. The van der Waals surface area contributed by atoms with Gasteiger partial charge in [-0.3, -0.25) is 9.88 Å². The van der Waals surface area contributed by atoms with Crippen LogP contribution in [0.15, 0.2) is 48.8 Å². The van der Waals surface area contributed by atoms with E-state index in [0.29, 0.717) is 30.4 Å². The third-order valence-corrected chi connectivity index (χ3v) is 5.32.